The third-order valence-electron chi connectivity index (χ3n) is 2.58. The van der Waals surface area contributed by atoms with Crippen molar-refractivity contribution >= 4 is 17.3 Å². The Kier molecular flexibility index (Phi) is 3.98. The predicted molar refractivity (Wildman–Crippen MR) is 69.9 cm³/mol. The number of anilines is 1. The summed E-state index contributed by atoms with van der Waals surface area (Å²) in [5, 5.41) is 12.2. The molecule has 0 amide bonds. The lowest BCUT2D eigenvalue weighted by atomic mass is 10.2. The Morgan fingerprint density at radius 1 is 1.16 bits per heavy atom. The Hall–Kier alpha value is -2.12. The average Bonchev–Trinajstić information content (AvgIpc) is 2.39. The maximum absolute atomic E-state index is 13.4. The zero-order valence-corrected chi connectivity index (χ0v) is 10.5. The fourth-order valence-corrected chi connectivity index (χ4v) is 1.74. The van der Waals surface area contributed by atoms with Crippen molar-refractivity contribution < 1.29 is 8.78 Å². The summed E-state index contributed by atoms with van der Waals surface area (Å²) in [7, 11) is 0. The fraction of sp³-hybridized carbons (Fsp3) is 0.0714. The Bertz CT molecular complexity index is 650. The van der Waals surface area contributed by atoms with Gasteiger partial charge in [0.25, 0.3) is 0 Å². The Labute approximate surface area is 114 Å². The van der Waals surface area contributed by atoms with Crippen LogP contribution in [0.1, 0.15) is 11.1 Å². The third kappa shape index (κ3) is 3.21. The highest BCUT2D eigenvalue weighted by molar-refractivity contribution is 6.31. The summed E-state index contributed by atoms with van der Waals surface area (Å²) in [6.45, 7) is 0.193. The molecule has 96 valence electrons. The van der Waals surface area contributed by atoms with E-state index >= 15 is 0 Å². The van der Waals surface area contributed by atoms with Gasteiger partial charge in [-0.15, -0.1) is 0 Å². The quantitative estimate of drug-likeness (QED) is 0.917. The molecule has 1 N–H and O–H groups in total. The maximum Gasteiger partial charge on any atom is 0.131 e. The third-order valence-corrected chi connectivity index (χ3v) is 2.91. The van der Waals surface area contributed by atoms with E-state index < -0.39 is 11.6 Å². The van der Waals surface area contributed by atoms with E-state index in [0.717, 1.165) is 6.07 Å². The first kappa shape index (κ1) is 13.3. The molecule has 0 bridgehead atoms. The summed E-state index contributed by atoms with van der Waals surface area (Å²) >= 11 is 5.80. The lowest BCUT2D eigenvalue weighted by Crippen LogP contribution is -2.02. The van der Waals surface area contributed by atoms with Gasteiger partial charge in [-0.2, -0.15) is 5.26 Å². The first-order valence-electron chi connectivity index (χ1n) is 5.47. The molecule has 2 rings (SSSR count). The number of rotatable bonds is 3. The molecule has 0 aliphatic rings. The second kappa shape index (κ2) is 5.68. The van der Waals surface area contributed by atoms with Crippen molar-refractivity contribution in [1.82, 2.24) is 0 Å². The van der Waals surface area contributed by atoms with Gasteiger partial charge in [0.15, 0.2) is 0 Å². The number of nitriles is 1. The van der Waals surface area contributed by atoms with Gasteiger partial charge in [-0.05, 0) is 24.3 Å². The number of nitrogens with one attached hydrogen (secondary N) is 1. The number of hydrogen-bond donors (Lipinski definition) is 1. The van der Waals surface area contributed by atoms with E-state index in [2.05, 4.69) is 5.32 Å². The molecule has 0 spiro atoms. The van der Waals surface area contributed by atoms with Crippen LogP contribution < -0.4 is 5.32 Å². The van der Waals surface area contributed by atoms with Crippen LogP contribution in [0.5, 0.6) is 0 Å². The van der Waals surface area contributed by atoms with Crippen molar-refractivity contribution in [2.75, 3.05) is 5.32 Å². The SMILES string of the molecule is N#Cc1cc(NCc2ccc(F)cc2F)ccc1Cl. The molecule has 2 aromatic carbocycles. The largest absolute Gasteiger partial charge is 0.381 e. The Morgan fingerprint density at radius 2 is 1.95 bits per heavy atom. The number of hydrogen-bond acceptors (Lipinski definition) is 2. The van der Waals surface area contributed by atoms with Crippen molar-refractivity contribution in [3.8, 4) is 6.07 Å². The normalized spacial score (nSPS) is 10.0. The van der Waals surface area contributed by atoms with Crippen LogP contribution in [-0.2, 0) is 6.54 Å². The first-order chi connectivity index (χ1) is 9.10. The zero-order chi connectivity index (χ0) is 13.8. The van der Waals surface area contributed by atoms with E-state index in [1.165, 1.54) is 12.1 Å². The minimum Gasteiger partial charge on any atom is -0.381 e. The van der Waals surface area contributed by atoms with Crippen molar-refractivity contribution in [3.63, 3.8) is 0 Å². The smallest absolute Gasteiger partial charge is 0.131 e. The molecule has 19 heavy (non-hydrogen) atoms. The summed E-state index contributed by atoms with van der Waals surface area (Å²) in [4.78, 5) is 0. The second-order valence-electron chi connectivity index (χ2n) is 3.90. The van der Waals surface area contributed by atoms with Crippen LogP contribution in [0.15, 0.2) is 36.4 Å². The van der Waals surface area contributed by atoms with Gasteiger partial charge in [0.05, 0.1) is 10.6 Å². The summed E-state index contributed by atoms with van der Waals surface area (Å²) in [5.74, 6) is -1.22. The minimum absolute atomic E-state index is 0.193. The molecule has 2 nitrogen and oxygen atoms in total. The van der Waals surface area contributed by atoms with Crippen LogP contribution >= 0.6 is 11.6 Å². The van der Waals surface area contributed by atoms with Gasteiger partial charge in [-0.1, -0.05) is 17.7 Å². The number of nitrogens with zero attached hydrogens (tertiary/aromatic N) is 1. The minimum atomic E-state index is -0.612. The molecule has 0 aromatic heterocycles. The number of halogens is 3. The van der Waals surface area contributed by atoms with Crippen molar-refractivity contribution in [1.29, 1.82) is 5.26 Å². The highest BCUT2D eigenvalue weighted by atomic mass is 35.5. The molecule has 0 saturated heterocycles. The van der Waals surface area contributed by atoms with Crippen LogP contribution in [0, 0.1) is 23.0 Å². The molecule has 0 unspecified atom stereocenters. The fourth-order valence-electron chi connectivity index (χ4n) is 1.58. The van der Waals surface area contributed by atoms with Crippen molar-refractivity contribution in [3.05, 3.63) is 64.2 Å². The molecular formula is C14H9ClF2N2. The number of benzene rings is 2. The lowest BCUT2D eigenvalue weighted by Gasteiger charge is -2.08. The van der Waals surface area contributed by atoms with Crippen molar-refractivity contribution in [2.24, 2.45) is 0 Å². The molecule has 0 aliphatic carbocycles. The molecule has 0 radical (unpaired) electrons. The lowest BCUT2D eigenvalue weighted by molar-refractivity contribution is 0.574. The summed E-state index contributed by atoms with van der Waals surface area (Å²) in [6.07, 6.45) is 0. The van der Waals surface area contributed by atoms with Gasteiger partial charge in [-0.3, -0.25) is 0 Å². The highest BCUT2D eigenvalue weighted by Gasteiger charge is 2.05. The van der Waals surface area contributed by atoms with E-state index in [9.17, 15) is 8.78 Å². The molecule has 0 heterocycles. The average molecular weight is 279 g/mol. The van der Waals surface area contributed by atoms with E-state index in [1.807, 2.05) is 6.07 Å². The zero-order valence-electron chi connectivity index (χ0n) is 9.75. The van der Waals surface area contributed by atoms with Gasteiger partial charge < -0.3 is 5.32 Å². The van der Waals surface area contributed by atoms with Crippen LogP contribution in [0.2, 0.25) is 5.02 Å². The van der Waals surface area contributed by atoms with Crippen LogP contribution in [0.4, 0.5) is 14.5 Å². The van der Waals surface area contributed by atoms with Gasteiger partial charge in [0.1, 0.15) is 17.7 Å². The summed E-state index contributed by atoms with van der Waals surface area (Å²) < 4.78 is 26.2. The van der Waals surface area contributed by atoms with Crippen molar-refractivity contribution in [2.45, 2.75) is 6.54 Å². The first-order valence-corrected chi connectivity index (χ1v) is 5.85. The topological polar surface area (TPSA) is 35.8 Å². The van der Waals surface area contributed by atoms with Crippen LogP contribution in [-0.4, -0.2) is 0 Å². The molecule has 0 atom stereocenters. The molecule has 0 aliphatic heterocycles. The van der Waals surface area contributed by atoms with Gasteiger partial charge >= 0.3 is 0 Å². The standard InChI is InChI=1S/C14H9ClF2N2/c15-13-4-3-12(5-10(13)7-18)19-8-9-1-2-11(16)6-14(9)17/h1-6,19H,8H2. The molecular weight excluding hydrogens is 270 g/mol. The van der Waals surface area contributed by atoms with E-state index in [0.29, 0.717) is 21.8 Å². The maximum atomic E-state index is 13.4. The second-order valence-corrected chi connectivity index (χ2v) is 4.30. The molecule has 0 saturated carbocycles. The highest BCUT2D eigenvalue weighted by Crippen LogP contribution is 2.20. The molecule has 0 fully saturated rings. The van der Waals surface area contributed by atoms with Gasteiger partial charge in [0, 0.05) is 23.9 Å². The van der Waals surface area contributed by atoms with Gasteiger partial charge in [-0.25, -0.2) is 8.78 Å². The predicted octanol–water partition coefficient (Wildman–Crippen LogP) is 4.10. The monoisotopic (exact) mass is 278 g/mol. The van der Waals surface area contributed by atoms with Gasteiger partial charge in [0.2, 0.25) is 0 Å². The van der Waals surface area contributed by atoms with E-state index in [4.69, 9.17) is 16.9 Å². The van der Waals surface area contributed by atoms with E-state index in [1.54, 1.807) is 18.2 Å². The van der Waals surface area contributed by atoms with Crippen LogP contribution in [0.25, 0.3) is 0 Å². The van der Waals surface area contributed by atoms with E-state index in [-0.39, 0.29) is 6.54 Å². The summed E-state index contributed by atoms with van der Waals surface area (Å²) in [5.41, 5.74) is 1.32. The Balaban J connectivity index is 2.13. The molecule has 2 aromatic rings. The molecule has 5 heteroatoms. The Morgan fingerprint density at radius 3 is 2.63 bits per heavy atom. The van der Waals surface area contributed by atoms with Crippen LogP contribution in [0.3, 0.4) is 0 Å². The summed E-state index contributed by atoms with van der Waals surface area (Å²) in [6, 6.07) is 10.2.